The zero-order valence-electron chi connectivity index (χ0n) is 14.1. The zero-order valence-corrected chi connectivity index (χ0v) is 14.1. The van der Waals surface area contributed by atoms with Crippen LogP contribution in [0.15, 0.2) is 35.9 Å². The number of methoxy groups -OCH3 is 1. The fourth-order valence-electron chi connectivity index (χ4n) is 3.11. The van der Waals surface area contributed by atoms with E-state index in [2.05, 4.69) is 0 Å². The molecule has 3 rings (SSSR count). The predicted molar refractivity (Wildman–Crippen MR) is 93.8 cm³/mol. The fraction of sp³-hybridized carbons (Fsp3) is 0.0556. The topological polar surface area (TPSA) is 160 Å². The molecule has 10 nitrogen and oxygen atoms in total. The normalized spacial score (nSPS) is 10.9. The van der Waals surface area contributed by atoms with Gasteiger partial charge in [-0.1, -0.05) is 0 Å². The van der Waals surface area contributed by atoms with Crippen molar-refractivity contribution in [1.29, 1.82) is 10.5 Å². The van der Waals surface area contributed by atoms with Crippen LogP contribution in [0.3, 0.4) is 0 Å². The summed E-state index contributed by atoms with van der Waals surface area (Å²) in [6.07, 6.45) is 0. The lowest BCUT2D eigenvalue weighted by atomic mass is 9.96. The number of hydrogen-bond donors (Lipinski definition) is 0. The average Bonchev–Trinajstić information content (AvgIpc) is 3.01. The number of nitro benzene ring substituents is 2. The minimum absolute atomic E-state index is 0.00690. The van der Waals surface area contributed by atoms with E-state index in [1.807, 2.05) is 0 Å². The van der Waals surface area contributed by atoms with E-state index >= 15 is 0 Å². The SMILES string of the molecule is COC(=O)c1cc([N+](=O)[O-])cc2c1-c1ccc([N+](=O)[O-])cc1C2=C(C#N)C#N. The molecule has 0 saturated heterocycles. The van der Waals surface area contributed by atoms with Crippen LogP contribution in [0.25, 0.3) is 16.7 Å². The minimum Gasteiger partial charge on any atom is -0.465 e. The summed E-state index contributed by atoms with van der Waals surface area (Å²) in [4.78, 5) is 33.3. The number of carbonyl (C=O) groups excluding carboxylic acids is 1. The van der Waals surface area contributed by atoms with Crippen LogP contribution in [0, 0.1) is 42.9 Å². The molecule has 0 bridgehead atoms. The molecule has 2 aromatic carbocycles. The summed E-state index contributed by atoms with van der Waals surface area (Å²) in [5.41, 5.74) is -0.510. The van der Waals surface area contributed by atoms with Gasteiger partial charge in [-0.2, -0.15) is 10.5 Å². The highest BCUT2D eigenvalue weighted by Crippen LogP contribution is 2.49. The largest absolute Gasteiger partial charge is 0.465 e. The Morgan fingerprint density at radius 2 is 1.57 bits per heavy atom. The van der Waals surface area contributed by atoms with Crippen molar-refractivity contribution in [1.82, 2.24) is 0 Å². The lowest BCUT2D eigenvalue weighted by Gasteiger charge is -2.08. The van der Waals surface area contributed by atoms with Crippen LogP contribution >= 0.6 is 0 Å². The number of nitriles is 2. The van der Waals surface area contributed by atoms with E-state index in [0.717, 1.165) is 25.3 Å². The third-order valence-corrected chi connectivity index (χ3v) is 4.23. The predicted octanol–water partition coefficient (Wildman–Crippen LogP) is 3.12. The molecule has 0 amide bonds. The molecule has 0 radical (unpaired) electrons. The van der Waals surface area contributed by atoms with Crippen molar-refractivity contribution in [3.63, 3.8) is 0 Å². The Kier molecular flexibility index (Phi) is 4.31. The third kappa shape index (κ3) is 2.62. The van der Waals surface area contributed by atoms with Crippen LogP contribution in [0.5, 0.6) is 0 Å². The third-order valence-electron chi connectivity index (χ3n) is 4.23. The smallest absolute Gasteiger partial charge is 0.338 e. The van der Waals surface area contributed by atoms with Crippen LogP contribution in [-0.4, -0.2) is 22.9 Å². The van der Waals surface area contributed by atoms with Crippen LogP contribution in [-0.2, 0) is 4.74 Å². The summed E-state index contributed by atoms with van der Waals surface area (Å²) in [5, 5.41) is 41.1. The van der Waals surface area contributed by atoms with Crippen molar-refractivity contribution in [2.24, 2.45) is 0 Å². The molecule has 0 spiro atoms. The minimum atomic E-state index is -0.860. The number of nitrogens with zero attached hydrogens (tertiary/aromatic N) is 4. The Morgan fingerprint density at radius 1 is 0.964 bits per heavy atom. The molecule has 0 N–H and O–H groups in total. The van der Waals surface area contributed by atoms with Gasteiger partial charge in [0.1, 0.15) is 17.7 Å². The summed E-state index contributed by atoms with van der Waals surface area (Å²) in [7, 11) is 1.10. The first kappa shape index (κ1) is 18.2. The summed E-state index contributed by atoms with van der Waals surface area (Å²) in [6.45, 7) is 0. The highest BCUT2D eigenvalue weighted by molar-refractivity contribution is 6.11. The van der Waals surface area contributed by atoms with Gasteiger partial charge in [-0.05, 0) is 22.8 Å². The van der Waals surface area contributed by atoms with E-state index in [1.54, 1.807) is 12.1 Å². The van der Waals surface area contributed by atoms with Gasteiger partial charge in [0.25, 0.3) is 11.4 Å². The molecule has 136 valence electrons. The Labute approximate surface area is 156 Å². The molecule has 0 aromatic heterocycles. The van der Waals surface area contributed by atoms with Crippen LogP contribution in [0.1, 0.15) is 21.5 Å². The van der Waals surface area contributed by atoms with Crippen molar-refractivity contribution in [2.75, 3.05) is 7.11 Å². The maximum absolute atomic E-state index is 12.2. The van der Waals surface area contributed by atoms with Gasteiger partial charge in [-0.3, -0.25) is 20.2 Å². The second kappa shape index (κ2) is 6.63. The summed E-state index contributed by atoms with van der Waals surface area (Å²) >= 11 is 0. The first-order valence-electron chi connectivity index (χ1n) is 7.58. The Bertz CT molecular complexity index is 1180. The second-order valence-corrected chi connectivity index (χ2v) is 5.63. The molecule has 1 aliphatic rings. The molecular formula is C18H8N4O6. The molecule has 0 aliphatic heterocycles. The summed E-state index contributed by atoms with van der Waals surface area (Å²) < 4.78 is 4.71. The van der Waals surface area contributed by atoms with E-state index in [9.17, 15) is 35.5 Å². The number of benzene rings is 2. The quantitative estimate of drug-likeness (QED) is 0.291. The maximum Gasteiger partial charge on any atom is 0.338 e. The molecular weight excluding hydrogens is 368 g/mol. The van der Waals surface area contributed by atoms with E-state index in [0.29, 0.717) is 5.56 Å². The van der Waals surface area contributed by atoms with Crippen molar-refractivity contribution in [2.45, 2.75) is 0 Å². The van der Waals surface area contributed by atoms with Gasteiger partial charge in [0.15, 0.2) is 0 Å². The first-order valence-corrected chi connectivity index (χ1v) is 7.58. The molecule has 0 fully saturated rings. The lowest BCUT2D eigenvalue weighted by Crippen LogP contribution is -2.05. The van der Waals surface area contributed by atoms with Gasteiger partial charge < -0.3 is 4.74 Å². The van der Waals surface area contributed by atoms with Crippen molar-refractivity contribution in [3.05, 3.63) is 72.8 Å². The number of fused-ring (bicyclic) bond motifs is 3. The first-order chi connectivity index (χ1) is 13.3. The highest BCUT2D eigenvalue weighted by Gasteiger charge is 2.34. The monoisotopic (exact) mass is 376 g/mol. The number of non-ortho nitro benzene ring substituents is 2. The number of hydrogen-bond acceptors (Lipinski definition) is 8. The standard InChI is InChI=1S/C18H8N4O6/c1-28-18(23)15-6-11(22(26)27)5-14-16(9(7-19)8-20)13-4-10(21(24)25)2-3-12(13)17(14)15/h2-6H,1H3. The molecule has 10 heteroatoms. The van der Waals surface area contributed by atoms with E-state index in [-0.39, 0.29) is 33.5 Å². The van der Waals surface area contributed by atoms with Gasteiger partial charge in [-0.25, -0.2) is 4.79 Å². The van der Waals surface area contributed by atoms with Crippen molar-refractivity contribution >= 4 is 22.9 Å². The molecule has 0 heterocycles. The van der Waals surface area contributed by atoms with Crippen LogP contribution in [0.2, 0.25) is 0 Å². The van der Waals surface area contributed by atoms with E-state index in [4.69, 9.17) is 4.74 Å². The number of allylic oxidation sites excluding steroid dienone is 1. The molecule has 28 heavy (non-hydrogen) atoms. The highest BCUT2D eigenvalue weighted by atomic mass is 16.6. The van der Waals surface area contributed by atoms with Gasteiger partial charge in [0.05, 0.1) is 22.5 Å². The fourth-order valence-corrected chi connectivity index (χ4v) is 3.11. The van der Waals surface area contributed by atoms with Crippen molar-refractivity contribution in [3.8, 4) is 23.3 Å². The summed E-state index contributed by atoms with van der Waals surface area (Å²) in [5.74, 6) is -0.860. The maximum atomic E-state index is 12.2. The Balaban J connectivity index is 2.53. The number of esters is 1. The number of nitro groups is 2. The second-order valence-electron chi connectivity index (χ2n) is 5.63. The number of carbonyl (C=O) groups is 1. The zero-order chi connectivity index (χ0) is 20.6. The van der Waals surface area contributed by atoms with Crippen LogP contribution in [0.4, 0.5) is 11.4 Å². The van der Waals surface area contributed by atoms with E-state index in [1.165, 1.54) is 12.1 Å². The lowest BCUT2D eigenvalue weighted by molar-refractivity contribution is -0.385. The number of rotatable bonds is 3. The molecule has 0 saturated carbocycles. The molecule has 0 unspecified atom stereocenters. The average molecular weight is 376 g/mol. The summed E-state index contributed by atoms with van der Waals surface area (Å²) in [6, 6.07) is 9.27. The number of ether oxygens (including phenoxy) is 1. The van der Waals surface area contributed by atoms with Crippen LogP contribution < -0.4 is 0 Å². The van der Waals surface area contributed by atoms with Gasteiger partial charge in [-0.15, -0.1) is 0 Å². The Hall–Kier alpha value is -4.57. The van der Waals surface area contributed by atoms with Gasteiger partial charge in [0.2, 0.25) is 0 Å². The van der Waals surface area contributed by atoms with Gasteiger partial charge >= 0.3 is 5.97 Å². The molecule has 0 atom stereocenters. The van der Waals surface area contributed by atoms with E-state index < -0.39 is 27.1 Å². The van der Waals surface area contributed by atoms with Gasteiger partial charge in [0, 0.05) is 35.4 Å². The molecule has 2 aromatic rings. The Morgan fingerprint density at radius 3 is 2.11 bits per heavy atom. The van der Waals surface area contributed by atoms with Crippen molar-refractivity contribution < 1.29 is 19.4 Å². The molecule has 1 aliphatic carbocycles.